The number of hydrogen-bond donors (Lipinski definition) is 1. The van der Waals surface area contributed by atoms with Crippen molar-refractivity contribution in [2.45, 2.75) is 38.8 Å². The summed E-state index contributed by atoms with van der Waals surface area (Å²) in [6.45, 7) is 8.36. The molecule has 0 aliphatic carbocycles. The van der Waals surface area contributed by atoms with E-state index in [1.807, 2.05) is 0 Å². The van der Waals surface area contributed by atoms with E-state index in [9.17, 15) is 4.39 Å². The zero-order valence-corrected chi connectivity index (χ0v) is 12.4. The Labute approximate surface area is 119 Å². The maximum atomic E-state index is 13.1. The van der Waals surface area contributed by atoms with Crippen molar-refractivity contribution in [2.24, 2.45) is 0 Å². The van der Waals surface area contributed by atoms with Gasteiger partial charge < -0.3 is 5.32 Å². The first-order valence-corrected chi connectivity index (χ1v) is 7.31. The van der Waals surface area contributed by atoms with Crippen molar-refractivity contribution in [1.29, 1.82) is 0 Å². The average molecular weight is 285 g/mol. The molecule has 4 heteroatoms. The van der Waals surface area contributed by atoms with Crippen LogP contribution in [0, 0.1) is 5.82 Å². The predicted octanol–water partition coefficient (Wildman–Crippen LogP) is 3.44. The Kier molecular flexibility index (Phi) is 4.82. The molecule has 1 aliphatic rings. The molecule has 0 spiro atoms. The van der Waals surface area contributed by atoms with Crippen LogP contribution in [-0.4, -0.2) is 30.1 Å². The molecule has 1 aromatic rings. The van der Waals surface area contributed by atoms with Crippen molar-refractivity contribution < 1.29 is 4.39 Å². The Morgan fingerprint density at radius 1 is 1.47 bits per heavy atom. The molecule has 1 unspecified atom stereocenters. The van der Waals surface area contributed by atoms with Crippen LogP contribution in [0.5, 0.6) is 0 Å². The molecule has 2 rings (SSSR count). The highest BCUT2D eigenvalue weighted by atomic mass is 35.5. The lowest BCUT2D eigenvalue weighted by Crippen LogP contribution is -2.48. The first kappa shape index (κ1) is 14.8. The van der Waals surface area contributed by atoms with Crippen LogP contribution in [0.25, 0.3) is 0 Å². The molecule has 1 N–H and O–H groups in total. The molecular formula is C15H22ClFN2. The van der Waals surface area contributed by atoms with Crippen LogP contribution in [0.2, 0.25) is 5.02 Å². The molecule has 1 saturated heterocycles. The molecule has 2 nitrogen and oxygen atoms in total. The zero-order chi connectivity index (χ0) is 13.9. The van der Waals surface area contributed by atoms with Crippen LogP contribution in [0.1, 0.15) is 32.3 Å². The first-order chi connectivity index (χ1) is 9.02. The van der Waals surface area contributed by atoms with Gasteiger partial charge in [-0.3, -0.25) is 4.90 Å². The molecule has 0 radical (unpaired) electrons. The summed E-state index contributed by atoms with van der Waals surface area (Å²) in [5, 5.41) is 4.14. The summed E-state index contributed by atoms with van der Waals surface area (Å²) in [6.07, 6.45) is 2.23. The fraction of sp³-hybridized carbons (Fsp3) is 0.600. The summed E-state index contributed by atoms with van der Waals surface area (Å²) in [7, 11) is 0. The van der Waals surface area contributed by atoms with Gasteiger partial charge in [0.05, 0.1) is 0 Å². The highest BCUT2D eigenvalue weighted by Crippen LogP contribution is 2.22. The van der Waals surface area contributed by atoms with E-state index in [1.54, 1.807) is 6.07 Å². The van der Waals surface area contributed by atoms with Crippen molar-refractivity contribution >= 4 is 11.6 Å². The van der Waals surface area contributed by atoms with Crippen LogP contribution in [0.3, 0.4) is 0 Å². The van der Waals surface area contributed by atoms with E-state index in [0.717, 1.165) is 44.6 Å². The van der Waals surface area contributed by atoms with Crippen LogP contribution >= 0.6 is 11.6 Å². The zero-order valence-electron chi connectivity index (χ0n) is 11.7. The van der Waals surface area contributed by atoms with Crippen molar-refractivity contribution in [1.82, 2.24) is 10.2 Å². The minimum Gasteiger partial charge on any atom is -0.310 e. The minimum absolute atomic E-state index is 0.156. The van der Waals surface area contributed by atoms with Crippen molar-refractivity contribution in [3.8, 4) is 0 Å². The van der Waals surface area contributed by atoms with Gasteiger partial charge in [0.1, 0.15) is 5.82 Å². The van der Waals surface area contributed by atoms with E-state index in [4.69, 9.17) is 11.6 Å². The Morgan fingerprint density at radius 3 is 2.95 bits per heavy atom. The lowest BCUT2D eigenvalue weighted by Gasteiger charge is -2.32. The van der Waals surface area contributed by atoms with Gasteiger partial charge in [0, 0.05) is 23.7 Å². The van der Waals surface area contributed by atoms with Gasteiger partial charge in [-0.1, -0.05) is 24.6 Å². The third kappa shape index (κ3) is 3.91. The molecule has 1 heterocycles. The van der Waals surface area contributed by atoms with E-state index < -0.39 is 0 Å². The SMILES string of the molecule is CCC1(C)CN(Cc2ccc(F)cc2Cl)CCCN1. The first-order valence-electron chi connectivity index (χ1n) is 6.94. The summed E-state index contributed by atoms with van der Waals surface area (Å²) in [6, 6.07) is 4.67. The standard InChI is InChI=1S/C15H22ClFN2/c1-3-15(2)11-19(8-4-7-18-15)10-12-5-6-13(17)9-14(12)16/h5-6,9,18H,3-4,7-8,10-11H2,1-2H3. The van der Waals surface area contributed by atoms with Gasteiger partial charge in [0.2, 0.25) is 0 Å². The number of nitrogens with zero attached hydrogens (tertiary/aromatic N) is 1. The molecular weight excluding hydrogens is 263 g/mol. The smallest absolute Gasteiger partial charge is 0.124 e. The molecule has 1 aliphatic heterocycles. The van der Waals surface area contributed by atoms with Crippen LogP contribution in [0.4, 0.5) is 4.39 Å². The van der Waals surface area contributed by atoms with Crippen molar-refractivity contribution in [3.05, 3.63) is 34.6 Å². The largest absolute Gasteiger partial charge is 0.310 e. The molecule has 1 fully saturated rings. The van der Waals surface area contributed by atoms with Crippen LogP contribution < -0.4 is 5.32 Å². The van der Waals surface area contributed by atoms with Gasteiger partial charge in [-0.15, -0.1) is 0 Å². The van der Waals surface area contributed by atoms with Crippen LogP contribution in [0.15, 0.2) is 18.2 Å². The molecule has 0 amide bonds. The van der Waals surface area contributed by atoms with Crippen molar-refractivity contribution in [3.63, 3.8) is 0 Å². The minimum atomic E-state index is -0.273. The summed E-state index contributed by atoms with van der Waals surface area (Å²) in [4.78, 5) is 2.41. The normalized spacial score (nSPS) is 25.3. The van der Waals surface area contributed by atoms with E-state index in [2.05, 4.69) is 24.1 Å². The van der Waals surface area contributed by atoms with Gasteiger partial charge in [-0.2, -0.15) is 0 Å². The molecule has 19 heavy (non-hydrogen) atoms. The monoisotopic (exact) mass is 284 g/mol. The van der Waals surface area contributed by atoms with Gasteiger partial charge in [-0.05, 0) is 50.6 Å². The second-order valence-electron chi connectivity index (χ2n) is 5.64. The average Bonchev–Trinajstić information content (AvgIpc) is 2.55. The third-order valence-corrected chi connectivity index (χ3v) is 4.32. The van der Waals surface area contributed by atoms with Crippen LogP contribution in [-0.2, 0) is 6.54 Å². The summed E-state index contributed by atoms with van der Waals surface area (Å²) in [5.41, 5.74) is 1.16. The number of nitrogens with one attached hydrogen (secondary N) is 1. The second kappa shape index (κ2) is 6.21. The Bertz CT molecular complexity index is 438. The van der Waals surface area contributed by atoms with Gasteiger partial charge in [-0.25, -0.2) is 4.39 Å². The summed E-state index contributed by atoms with van der Waals surface area (Å²) >= 11 is 6.11. The number of rotatable bonds is 3. The maximum absolute atomic E-state index is 13.1. The topological polar surface area (TPSA) is 15.3 Å². The number of benzene rings is 1. The number of hydrogen-bond acceptors (Lipinski definition) is 2. The summed E-state index contributed by atoms with van der Waals surface area (Å²) < 4.78 is 13.1. The fourth-order valence-corrected chi connectivity index (χ4v) is 2.81. The highest BCUT2D eigenvalue weighted by molar-refractivity contribution is 6.31. The van der Waals surface area contributed by atoms with Crippen molar-refractivity contribution in [2.75, 3.05) is 19.6 Å². The fourth-order valence-electron chi connectivity index (χ4n) is 2.58. The molecule has 0 aromatic heterocycles. The second-order valence-corrected chi connectivity index (χ2v) is 6.05. The summed E-state index contributed by atoms with van der Waals surface area (Å²) in [5.74, 6) is -0.273. The van der Waals surface area contributed by atoms with E-state index >= 15 is 0 Å². The van der Waals surface area contributed by atoms with Gasteiger partial charge in [0.15, 0.2) is 0 Å². The van der Waals surface area contributed by atoms with Gasteiger partial charge in [0.25, 0.3) is 0 Å². The molecule has 0 saturated carbocycles. The Morgan fingerprint density at radius 2 is 2.26 bits per heavy atom. The Hall–Kier alpha value is -0.640. The molecule has 1 aromatic carbocycles. The van der Waals surface area contributed by atoms with E-state index in [0.29, 0.717) is 5.02 Å². The van der Waals surface area contributed by atoms with E-state index in [-0.39, 0.29) is 11.4 Å². The molecule has 0 bridgehead atoms. The quantitative estimate of drug-likeness (QED) is 0.915. The highest BCUT2D eigenvalue weighted by Gasteiger charge is 2.27. The number of halogens is 2. The maximum Gasteiger partial charge on any atom is 0.124 e. The lowest BCUT2D eigenvalue weighted by atomic mass is 9.98. The van der Waals surface area contributed by atoms with E-state index in [1.165, 1.54) is 12.1 Å². The van der Waals surface area contributed by atoms with Gasteiger partial charge >= 0.3 is 0 Å². The predicted molar refractivity (Wildman–Crippen MR) is 78.0 cm³/mol. The third-order valence-electron chi connectivity index (χ3n) is 3.96. The Balaban J connectivity index is 2.08. The molecule has 106 valence electrons. The lowest BCUT2D eigenvalue weighted by molar-refractivity contribution is 0.208. The molecule has 1 atom stereocenters.